The Balaban J connectivity index is 2.40. The van der Waals surface area contributed by atoms with Gasteiger partial charge in [-0.3, -0.25) is 10.1 Å². The molecule has 0 aromatic carbocycles. The maximum Gasteiger partial charge on any atom is 0.311 e. The standard InChI is InChI=1S/C11H15N3O3/c1-8-5-10(14(16)17)11(12-6-8)13-4-2-3-9(13)7-15/h5-6,9,15H,2-4,7H2,1H3. The number of hydrogen-bond acceptors (Lipinski definition) is 5. The van der Waals surface area contributed by atoms with Crippen LogP contribution in [0.1, 0.15) is 18.4 Å². The first-order valence-electron chi connectivity index (χ1n) is 5.62. The first-order chi connectivity index (χ1) is 8.13. The van der Waals surface area contributed by atoms with Crippen LogP contribution in [0.15, 0.2) is 12.3 Å². The van der Waals surface area contributed by atoms with E-state index in [1.165, 1.54) is 6.07 Å². The topological polar surface area (TPSA) is 79.5 Å². The van der Waals surface area contributed by atoms with Crippen molar-refractivity contribution in [1.82, 2.24) is 4.98 Å². The van der Waals surface area contributed by atoms with Gasteiger partial charge in [-0.1, -0.05) is 0 Å². The molecule has 1 aliphatic rings. The van der Waals surface area contributed by atoms with E-state index in [-0.39, 0.29) is 18.3 Å². The molecule has 1 N–H and O–H groups in total. The lowest BCUT2D eigenvalue weighted by Gasteiger charge is -2.23. The molecular weight excluding hydrogens is 222 g/mol. The first kappa shape index (κ1) is 11.8. The lowest BCUT2D eigenvalue weighted by Crippen LogP contribution is -2.33. The van der Waals surface area contributed by atoms with Gasteiger partial charge < -0.3 is 10.0 Å². The predicted octanol–water partition coefficient (Wildman–Crippen LogP) is 1.26. The third-order valence-electron chi connectivity index (χ3n) is 3.04. The Morgan fingerprint density at radius 3 is 3.12 bits per heavy atom. The van der Waals surface area contributed by atoms with E-state index < -0.39 is 4.92 Å². The van der Waals surface area contributed by atoms with Crippen LogP contribution in [0.5, 0.6) is 0 Å². The van der Waals surface area contributed by atoms with E-state index >= 15 is 0 Å². The quantitative estimate of drug-likeness (QED) is 0.632. The fraction of sp³-hybridized carbons (Fsp3) is 0.545. The van der Waals surface area contributed by atoms with Crippen molar-refractivity contribution in [2.45, 2.75) is 25.8 Å². The van der Waals surface area contributed by atoms with Crippen molar-refractivity contribution in [1.29, 1.82) is 0 Å². The Kier molecular flexibility index (Phi) is 3.23. The van der Waals surface area contributed by atoms with Gasteiger partial charge in [-0.2, -0.15) is 0 Å². The van der Waals surface area contributed by atoms with Crippen molar-refractivity contribution in [3.05, 3.63) is 27.9 Å². The van der Waals surface area contributed by atoms with Crippen LogP contribution >= 0.6 is 0 Å². The Morgan fingerprint density at radius 2 is 2.47 bits per heavy atom. The summed E-state index contributed by atoms with van der Waals surface area (Å²) in [5.74, 6) is 0.372. The average molecular weight is 237 g/mol. The average Bonchev–Trinajstić information content (AvgIpc) is 2.76. The van der Waals surface area contributed by atoms with Crippen LogP contribution < -0.4 is 4.90 Å². The van der Waals surface area contributed by atoms with Crippen LogP contribution in [0.4, 0.5) is 11.5 Å². The summed E-state index contributed by atoms with van der Waals surface area (Å²) in [5, 5.41) is 20.2. The van der Waals surface area contributed by atoms with Gasteiger partial charge in [0.25, 0.3) is 0 Å². The highest BCUT2D eigenvalue weighted by Crippen LogP contribution is 2.31. The van der Waals surface area contributed by atoms with Gasteiger partial charge in [0.2, 0.25) is 5.82 Å². The first-order valence-corrected chi connectivity index (χ1v) is 5.62. The molecule has 0 spiro atoms. The lowest BCUT2D eigenvalue weighted by molar-refractivity contribution is -0.384. The molecule has 1 unspecified atom stereocenters. The number of aliphatic hydroxyl groups is 1. The van der Waals surface area contributed by atoms with E-state index in [1.54, 1.807) is 13.1 Å². The van der Waals surface area contributed by atoms with Gasteiger partial charge in [-0.15, -0.1) is 0 Å². The minimum Gasteiger partial charge on any atom is -0.394 e. The highest BCUT2D eigenvalue weighted by molar-refractivity contribution is 5.59. The molecule has 0 bridgehead atoms. The Hall–Kier alpha value is -1.69. The summed E-state index contributed by atoms with van der Waals surface area (Å²) in [6.45, 7) is 2.49. The van der Waals surface area contributed by atoms with Crippen molar-refractivity contribution in [2.75, 3.05) is 18.1 Å². The fourth-order valence-electron chi connectivity index (χ4n) is 2.21. The van der Waals surface area contributed by atoms with Gasteiger partial charge in [0, 0.05) is 18.8 Å². The summed E-state index contributed by atoms with van der Waals surface area (Å²) >= 11 is 0. The van der Waals surface area contributed by atoms with Crippen LogP contribution in [-0.4, -0.2) is 34.2 Å². The van der Waals surface area contributed by atoms with Crippen molar-refractivity contribution < 1.29 is 10.0 Å². The second-order valence-corrected chi connectivity index (χ2v) is 4.28. The second-order valence-electron chi connectivity index (χ2n) is 4.28. The normalized spacial score (nSPS) is 19.6. The summed E-state index contributed by atoms with van der Waals surface area (Å²) < 4.78 is 0. The molecule has 1 fully saturated rings. The van der Waals surface area contributed by atoms with Gasteiger partial charge in [0.05, 0.1) is 17.6 Å². The van der Waals surface area contributed by atoms with Gasteiger partial charge in [-0.05, 0) is 25.3 Å². The summed E-state index contributed by atoms with van der Waals surface area (Å²) in [4.78, 5) is 16.6. The van der Waals surface area contributed by atoms with Crippen molar-refractivity contribution in [3.63, 3.8) is 0 Å². The molecule has 0 radical (unpaired) electrons. The van der Waals surface area contributed by atoms with Crippen molar-refractivity contribution in [2.24, 2.45) is 0 Å². The third kappa shape index (κ3) is 2.21. The van der Waals surface area contributed by atoms with Crippen molar-refractivity contribution >= 4 is 11.5 Å². The highest BCUT2D eigenvalue weighted by Gasteiger charge is 2.30. The monoisotopic (exact) mass is 237 g/mol. The number of rotatable bonds is 3. The van der Waals surface area contributed by atoms with E-state index in [2.05, 4.69) is 4.98 Å². The molecule has 17 heavy (non-hydrogen) atoms. The van der Waals surface area contributed by atoms with Crippen LogP contribution in [0.3, 0.4) is 0 Å². The summed E-state index contributed by atoms with van der Waals surface area (Å²) in [6.07, 6.45) is 3.40. The summed E-state index contributed by atoms with van der Waals surface area (Å²) in [6, 6.07) is 1.47. The molecule has 0 amide bonds. The Bertz CT molecular complexity index is 436. The number of nitro groups is 1. The molecule has 1 aromatic heterocycles. The summed E-state index contributed by atoms with van der Waals surface area (Å²) in [7, 11) is 0. The van der Waals surface area contributed by atoms with Crippen molar-refractivity contribution in [3.8, 4) is 0 Å². The Morgan fingerprint density at radius 1 is 1.71 bits per heavy atom. The van der Waals surface area contributed by atoms with E-state index in [9.17, 15) is 15.2 Å². The molecule has 6 nitrogen and oxygen atoms in total. The number of aliphatic hydroxyl groups excluding tert-OH is 1. The molecule has 1 aliphatic heterocycles. The van der Waals surface area contributed by atoms with Crippen LogP contribution in [0, 0.1) is 17.0 Å². The predicted molar refractivity (Wildman–Crippen MR) is 63.1 cm³/mol. The molecule has 0 aliphatic carbocycles. The number of aromatic nitrogens is 1. The number of pyridine rings is 1. The molecule has 2 heterocycles. The number of aryl methyl sites for hydroxylation is 1. The molecule has 1 atom stereocenters. The third-order valence-corrected chi connectivity index (χ3v) is 3.04. The maximum absolute atomic E-state index is 11.0. The zero-order valence-electron chi connectivity index (χ0n) is 9.67. The molecule has 2 rings (SSSR count). The molecule has 1 aromatic rings. The largest absolute Gasteiger partial charge is 0.394 e. The van der Waals surface area contributed by atoms with Gasteiger partial charge in [-0.25, -0.2) is 4.98 Å². The highest BCUT2D eigenvalue weighted by atomic mass is 16.6. The Labute approximate surface area is 99.0 Å². The van der Waals surface area contributed by atoms with Gasteiger partial charge >= 0.3 is 5.69 Å². The van der Waals surface area contributed by atoms with Gasteiger partial charge in [0.15, 0.2) is 0 Å². The minimum atomic E-state index is -0.415. The van der Waals surface area contributed by atoms with Crippen LogP contribution in [-0.2, 0) is 0 Å². The smallest absolute Gasteiger partial charge is 0.311 e. The zero-order chi connectivity index (χ0) is 12.4. The zero-order valence-corrected chi connectivity index (χ0v) is 9.67. The minimum absolute atomic E-state index is 0.00666. The van der Waals surface area contributed by atoms with E-state index in [1.807, 2.05) is 4.90 Å². The molecule has 1 saturated heterocycles. The maximum atomic E-state index is 11.0. The molecule has 6 heteroatoms. The molecular formula is C11H15N3O3. The molecule has 0 saturated carbocycles. The number of hydrogen-bond donors (Lipinski definition) is 1. The van der Waals surface area contributed by atoms with E-state index in [0.717, 1.165) is 18.4 Å². The molecule has 92 valence electrons. The number of nitrogens with zero attached hydrogens (tertiary/aromatic N) is 3. The summed E-state index contributed by atoms with van der Waals surface area (Å²) in [5.41, 5.74) is 0.783. The van der Waals surface area contributed by atoms with E-state index in [0.29, 0.717) is 12.4 Å². The lowest BCUT2D eigenvalue weighted by atomic mass is 10.2. The SMILES string of the molecule is Cc1cnc(N2CCCC2CO)c([N+](=O)[O-])c1. The van der Waals surface area contributed by atoms with Gasteiger partial charge in [0.1, 0.15) is 0 Å². The van der Waals surface area contributed by atoms with Crippen LogP contribution in [0.2, 0.25) is 0 Å². The fourth-order valence-corrected chi connectivity index (χ4v) is 2.21. The van der Waals surface area contributed by atoms with Crippen LogP contribution in [0.25, 0.3) is 0 Å². The number of anilines is 1. The van der Waals surface area contributed by atoms with E-state index in [4.69, 9.17) is 0 Å². The second kappa shape index (κ2) is 4.67.